The van der Waals surface area contributed by atoms with Crippen molar-refractivity contribution in [3.8, 4) is 21.9 Å². The minimum atomic E-state index is -0.371. The van der Waals surface area contributed by atoms with E-state index in [0.29, 0.717) is 29.3 Å². The highest BCUT2D eigenvalue weighted by Crippen LogP contribution is 2.24. The summed E-state index contributed by atoms with van der Waals surface area (Å²) in [5.74, 6) is 0.232. The Kier molecular flexibility index (Phi) is 5.25. The molecule has 0 saturated heterocycles. The van der Waals surface area contributed by atoms with Gasteiger partial charge in [0.05, 0.1) is 11.8 Å². The van der Waals surface area contributed by atoms with Gasteiger partial charge in [0.2, 0.25) is 5.91 Å². The number of anilines is 1. The summed E-state index contributed by atoms with van der Waals surface area (Å²) < 4.78 is 19.4. The second kappa shape index (κ2) is 8.14. The summed E-state index contributed by atoms with van der Waals surface area (Å²) in [5, 5.41) is 5.71. The Morgan fingerprint density at radius 1 is 1.11 bits per heavy atom. The maximum atomic E-state index is 13.8. The minimum absolute atomic E-state index is 0.146. The van der Waals surface area contributed by atoms with Crippen LogP contribution in [0.1, 0.15) is 12.3 Å². The monoisotopic (exact) mass is 393 g/mol. The summed E-state index contributed by atoms with van der Waals surface area (Å²) in [6, 6.07) is 13.9. The van der Waals surface area contributed by atoms with E-state index in [9.17, 15) is 9.18 Å². The van der Waals surface area contributed by atoms with Gasteiger partial charge in [-0.3, -0.25) is 4.79 Å². The number of aromatic nitrogens is 2. The van der Waals surface area contributed by atoms with Crippen molar-refractivity contribution in [1.29, 1.82) is 0 Å². The fourth-order valence-corrected chi connectivity index (χ4v) is 3.36. The Bertz CT molecular complexity index is 1080. The van der Waals surface area contributed by atoms with Crippen LogP contribution in [0.2, 0.25) is 0 Å². The Balaban J connectivity index is 1.33. The first-order valence-electron chi connectivity index (χ1n) is 8.68. The molecule has 4 rings (SSSR count). The molecular weight excluding hydrogens is 377 g/mol. The molecule has 5 nitrogen and oxygen atoms in total. The van der Waals surface area contributed by atoms with E-state index >= 15 is 0 Å². The van der Waals surface area contributed by atoms with E-state index in [2.05, 4.69) is 15.3 Å². The number of thiazole rings is 1. The summed E-state index contributed by atoms with van der Waals surface area (Å²) in [7, 11) is 0. The van der Waals surface area contributed by atoms with E-state index in [0.717, 1.165) is 10.6 Å². The van der Waals surface area contributed by atoms with E-state index in [1.807, 2.05) is 29.6 Å². The van der Waals surface area contributed by atoms with E-state index in [-0.39, 0.29) is 18.1 Å². The third-order valence-electron chi connectivity index (χ3n) is 4.11. The van der Waals surface area contributed by atoms with Crippen LogP contribution in [0.25, 0.3) is 21.9 Å². The number of amides is 1. The molecule has 0 radical (unpaired) electrons. The van der Waals surface area contributed by atoms with Crippen molar-refractivity contribution in [3.63, 3.8) is 0 Å². The molecule has 0 spiro atoms. The summed E-state index contributed by atoms with van der Waals surface area (Å²) >= 11 is 1.56. The van der Waals surface area contributed by atoms with Crippen molar-refractivity contribution in [1.82, 2.24) is 9.97 Å². The summed E-state index contributed by atoms with van der Waals surface area (Å²) in [6.45, 7) is 0. The molecule has 1 amide bonds. The zero-order chi connectivity index (χ0) is 19.3. The SMILES string of the molecule is O=C(CCc1ncc(-c2ccccc2F)o1)Nc1ccc(-c2nccs2)cc1. The molecule has 0 atom stereocenters. The van der Waals surface area contributed by atoms with Gasteiger partial charge in [-0.1, -0.05) is 12.1 Å². The Hall–Kier alpha value is -3.32. The molecule has 0 bridgehead atoms. The maximum absolute atomic E-state index is 13.8. The number of halogens is 1. The fraction of sp³-hybridized carbons (Fsp3) is 0.0952. The predicted octanol–water partition coefficient (Wildman–Crippen LogP) is 5.18. The number of nitrogens with zero attached hydrogens (tertiary/aromatic N) is 2. The highest BCUT2D eigenvalue weighted by atomic mass is 32.1. The van der Waals surface area contributed by atoms with Crippen LogP contribution in [0.15, 0.2) is 70.7 Å². The van der Waals surface area contributed by atoms with Gasteiger partial charge in [-0.25, -0.2) is 14.4 Å². The lowest BCUT2D eigenvalue weighted by Crippen LogP contribution is -2.12. The zero-order valence-corrected chi connectivity index (χ0v) is 15.6. The van der Waals surface area contributed by atoms with Crippen molar-refractivity contribution in [2.45, 2.75) is 12.8 Å². The number of rotatable bonds is 6. The van der Waals surface area contributed by atoms with Gasteiger partial charge in [0.25, 0.3) is 0 Å². The lowest BCUT2D eigenvalue weighted by molar-refractivity contribution is -0.116. The first kappa shape index (κ1) is 18.1. The number of hydrogen-bond acceptors (Lipinski definition) is 5. The van der Waals surface area contributed by atoms with Crippen LogP contribution in [-0.4, -0.2) is 15.9 Å². The van der Waals surface area contributed by atoms with Gasteiger partial charge in [0.1, 0.15) is 10.8 Å². The van der Waals surface area contributed by atoms with Gasteiger partial charge in [-0.15, -0.1) is 11.3 Å². The normalized spacial score (nSPS) is 10.8. The molecule has 140 valence electrons. The number of nitrogens with one attached hydrogen (secondary N) is 1. The molecule has 0 unspecified atom stereocenters. The molecule has 2 aromatic carbocycles. The largest absolute Gasteiger partial charge is 0.441 e. The fourth-order valence-electron chi connectivity index (χ4n) is 2.72. The quantitative estimate of drug-likeness (QED) is 0.490. The Morgan fingerprint density at radius 3 is 2.68 bits per heavy atom. The molecule has 0 fully saturated rings. The summed E-state index contributed by atoms with van der Waals surface area (Å²) in [5.41, 5.74) is 2.07. The lowest BCUT2D eigenvalue weighted by Gasteiger charge is -2.05. The van der Waals surface area contributed by atoms with Crippen molar-refractivity contribution >= 4 is 22.9 Å². The third kappa shape index (κ3) is 4.15. The van der Waals surface area contributed by atoms with Crippen LogP contribution >= 0.6 is 11.3 Å². The summed E-state index contributed by atoms with van der Waals surface area (Å²) in [4.78, 5) is 20.6. The Morgan fingerprint density at radius 2 is 1.93 bits per heavy atom. The van der Waals surface area contributed by atoms with E-state index in [1.165, 1.54) is 12.3 Å². The lowest BCUT2D eigenvalue weighted by atomic mass is 10.2. The third-order valence-corrected chi connectivity index (χ3v) is 4.93. The van der Waals surface area contributed by atoms with Crippen molar-refractivity contribution < 1.29 is 13.6 Å². The number of aryl methyl sites for hydroxylation is 1. The molecule has 0 aliphatic heterocycles. The van der Waals surface area contributed by atoms with Crippen molar-refractivity contribution in [2.75, 3.05) is 5.32 Å². The van der Waals surface area contributed by atoms with Crippen LogP contribution in [0.4, 0.5) is 10.1 Å². The molecule has 0 aliphatic carbocycles. The smallest absolute Gasteiger partial charge is 0.224 e. The molecule has 0 aliphatic rings. The molecule has 2 aromatic heterocycles. The standard InChI is InChI=1S/C21H16FN3O2S/c22-17-4-2-1-3-16(17)18-13-24-20(27-18)10-9-19(26)25-15-7-5-14(6-8-15)21-23-11-12-28-21/h1-8,11-13H,9-10H2,(H,25,26). The van der Waals surface area contributed by atoms with Gasteiger partial charge in [-0.2, -0.15) is 0 Å². The van der Waals surface area contributed by atoms with E-state index in [4.69, 9.17) is 4.42 Å². The van der Waals surface area contributed by atoms with Crippen LogP contribution in [-0.2, 0) is 11.2 Å². The Labute approximate surface area is 164 Å². The van der Waals surface area contributed by atoms with E-state index in [1.54, 1.807) is 35.7 Å². The molecular formula is C21H16FN3O2S. The molecule has 1 N–H and O–H groups in total. The second-order valence-electron chi connectivity index (χ2n) is 6.06. The number of carbonyl (C=O) groups excluding carboxylic acids is 1. The predicted molar refractivity (Wildman–Crippen MR) is 106 cm³/mol. The van der Waals surface area contributed by atoms with Crippen LogP contribution in [0, 0.1) is 5.82 Å². The average molecular weight is 393 g/mol. The first-order valence-corrected chi connectivity index (χ1v) is 9.56. The van der Waals surface area contributed by atoms with Gasteiger partial charge >= 0.3 is 0 Å². The van der Waals surface area contributed by atoms with Gasteiger partial charge < -0.3 is 9.73 Å². The van der Waals surface area contributed by atoms with Crippen molar-refractivity contribution in [3.05, 3.63) is 78.0 Å². The second-order valence-corrected chi connectivity index (χ2v) is 6.96. The number of carbonyl (C=O) groups is 1. The highest BCUT2D eigenvalue weighted by Gasteiger charge is 2.12. The average Bonchev–Trinajstić information content (AvgIpc) is 3.40. The molecule has 4 aromatic rings. The van der Waals surface area contributed by atoms with Gasteiger partial charge in [-0.05, 0) is 36.4 Å². The molecule has 7 heteroatoms. The van der Waals surface area contributed by atoms with E-state index < -0.39 is 0 Å². The summed E-state index contributed by atoms with van der Waals surface area (Å²) in [6.07, 6.45) is 3.78. The topological polar surface area (TPSA) is 68.0 Å². The molecule has 0 saturated carbocycles. The van der Waals surface area contributed by atoms with Crippen molar-refractivity contribution in [2.24, 2.45) is 0 Å². The number of oxazole rings is 1. The molecule has 2 heterocycles. The van der Waals surface area contributed by atoms with Crippen LogP contribution in [0.5, 0.6) is 0 Å². The van der Waals surface area contributed by atoms with Crippen LogP contribution < -0.4 is 5.32 Å². The van der Waals surface area contributed by atoms with Gasteiger partial charge in [0.15, 0.2) is 11.7 Å². The number of hydrogen-bond donors (Lipinski definition) is 1. The zero-order valence-electron chi connectivity index (χ0n) is 14.8. The highest BCUT2D eigenvalue weighted by molar-refractivity contribution is 7.13. The minimum Gasteiger partial charge on any atom is -0.441 e. The first-order chi connectivity index (χ1) is 13.7. The number of benzene rings is 2. The maximum Gasteiger partial charge on any atom is 0.224 e. The van der Waals surface area contributed by atoms with Gasteiger partial charge in [0, 0.05) is 35.7 Å². The molecule has 28 heavy (non-hydrogen) atoms. The van der Waals surface area contributed by atoms with Crippen LogP contribution in [0.3, 0.4) is 0 Å².